The summed E-state index contributed by atoms with van der Waals surface area (Å²) in [7, 11) is 2.15. The lowest BCUT2D eigenvalue weighted by molar-refractivity contribution is 0.279. The zero-order valence-corrected chi connectivity index (χ0v) is 16.6. The van der Waals surface area contributed by atoms with E-state index in [0.717, 1.165) is 19.5 Å². The summed E-state index contributed by atoms with van der Waals surface area (Å²) < 4.78 is 0. The predicted octanol–water partition coefficient (Wildman–Crippen LogP) is 5.60. The highest BCUT2D eigenvalue weighted by Gasteiger charge is 2.17. The summed E-state index contributed by atoms with van der Waals surface area (Å²) in [5, 5.41) is 3.42. The fraction of sp³-hybridized carbons (Fsp3) is 0.619. The molecule has 0 aromatic heterocycles. The molecule has 0 aliphatic heterocycles. The maximum absolute atomic E-state index is 3.76. The average Bonchev–Trinajstić information content (AvgIpc) is 2.64. The van der Waals surface area contributed by atoms with Crippen molar-refractivity contribution in [1.29, 1.82) is 0 Å². The molecule has 0 fully saturated rings. The number of rotatable bonds is 7. The minimum absolute atomic E-state index is 0.524. The zero-order valence-electron chi connectivity index (χ0n) is 16.6. The molecule has 0 heterocycles. The van der Waals surface area contributed by atoms with Gasteiger partial charge in [0.25, 0.3) is 0 Å². The molecule has 0 radical (unpaired) electrons. The Morgan fingerprint density at radius 2 is 1.57 bits per heavy atom. The SMILES string of the molecule is C=CCC.C=CCNC1C=CC(N(C)CC=C)CC1.CC.CC. The standard InChI is InChI=1S/C13H22N2.C4H8.2C2H6/c1-4-10-14-12-6-8-13(9-7-12)15(3)11-5-2;1-3-4-2;2*1-2/h4-6,8,12-14H,1-2,7,9-11H2,3H3;3H,1,4H2,2H3;2*1-2H3. The molecule has 0 bridgehead atoms. The van der Waals surface area contributed by atoms with Gasteiger partial charge in [0.15, 0.2) is 0 Å². The first kappa shape index (κ1) is 26.8. The lowest BCUT2D eigenvalue weighted by Crippen LogP contribution is -2.37. The van der Waals surface area contributed by atoms with Crippen LogP contribution in [0.3, 0.4) is 0 Å². The molecular formula is C21H42N2. The molecule has 0 aromatic carbocycles. The molecule has 0 saturated carbocycles. The van der Waals surface area contributed by atoms with Gasteiger partial charge in [-0.15, -0.1) is 19.7 Å². The zero-order chi connectivity index (χ0) is 18.5. The van der Waals surface area contributed by atoms with Gasteiger partial charge in [0, 0.05) is 25.2 Å². The monoisotopic (exact) mass is 322 g/mol. The molecule has 1 aliphatic rings. The second-order valence-corrected chi connectivity index (χ2v) is 4.76. The van der Waals surface area contributed by atoms with E-state index in [9.17, 15) is 0 Å². The smallest absolute Gasteiger partial charge is 0.0279 e. The van der Waals surface area contributed by atoms with Crippen LogP contribution in [0.1, 0.15) is 53.9 Å². The Morgan fingerprint density at radius 1 is 1.00 bits per heavy atom. The van der Waals surface area contributed by atoms with E-state index in [1.807, 2.05) is 45.9 Å². The fourth-order valence-electron chi connectivity index (χ4n) is 1.92. The molecule has 1 rings (SSSR count). The van der Waals surface area contributed by atoms with Crippen molar-refractivity contribution in [3.63, 3.8) is 0 Å². The van der Waals surface area contributed by atoms with Gasteiger partial charge in [-0.2, -0.15) is 0 Å². The van der Waals surface area contributed by atoms with Crippen molar-refractivity contribution >= 4 is 0 Å². The Bertz CT molecular complexity index is 282. The molecule has 0 spiro atoms. The summed E-state index contributed by atoms with van der Waals surface area (Å²) in [6, 6.07) is 1.10. The van der Waals surface area contributed by atoms with Crippen molar-refractivity contribution in [3.05, 3.63) is 50.1 Å². The highest BCUT2D eigenvalue weighted by Crippen LogP contribution is 2.15. The molecular weight excluding hydrogens is 280 g/mol. The van der Waals surface area contributed by atoms with Crippen LogP contribution in [-0.2, 0) is 0 Å². The Labute approximate surface area is 147 Å². The Hall–Kier alpha value is -1.12. The van der Waals surface area contributed by atoms with Crippen LogP contribution < -0.4 is 5.32 Å². The molecule has 0 aromatic rings. The molecule has 136 valence electrons. The third-order valence-electron chi connectivity index (χ3n) is 3.14. The van der Waals surface area contributed by atoms with Gasteiger partial charge < -0.3 is 5.32 Å². The normalized spacial score (nSPS) is 18.2. The molecule has 2 unspecified atom stereocenters. The first-order chi connectivity index (χ1) is 11.2. The Balaban J connectivity index is -0.000000426. The van der Waals surface area contributed by atoms with Crippen LogP contribution in [0.25, 0.3) is 0 Å². The summed E-state index contributed by atoms with van der Waals surface area (Å²) >= 11 is 0. The number of likely N-dealkylation sites (N-methyl/N-ethyl adjacent to an activating group) is 1. The summed E-state index contributed by atoms with van der Waals surface area (Å²) in [6.45, 7) is 22.9. The number of hydrogen-bond donors (Lipinski definition) is 1. The first-order valence-corrected chi connectivity index (χ1v) is 9.14. The van der Waals surface area contributed by atoms with E-state index in [0.29, 0.717) is 12.1 Å². The summed E-state index contributed by atoms with van der Waals surface area (Å²) in [6.07, 6.45) is 13.8. The molecule has 2 atom stereocenters. The maximum atomic E-state index is 3.76. The van der Waals surface area contributed by atoms with E-state index >= 15 is 0 Å². The van der Waals surface area contributed by atoms with Gasteiger partial charge in [0.05, 0.1) is 0 Å². The number of allylic oxidation sites excluding steroid dienone is 1. The van der Waals surface area contributed by atoms with Crippen molar-refractivity contribution < 1.29 is 0 Å². The predicted molar refractivity (Wildman–Crippen MR) is 110 cm³/mol. The molecule has 0 amide bonds. The van der Waals surface area contributed by atoms with Gasteiger partial charge in [-0.05, 0) is 26.3 Å². The summed E-state index contributed by atoms with van der Waals surface area (Å²) in [4.78, 5) is 2.33. The largest absolute Gasteiger partial charge is 0.307 e. The topological polar surface area (TPSA) is 15.3 Å². The Morgan fingerprint density at radius 3 is 1.91 bits per heavy atom. The minimum atomic E-state index is 0.524. The van der Waals surface area contributed by atoms with Gasteiger partial charge in [-0.1, -0.05) is 65.0 Å². The number of nitrogens with zero attached hydrogens (tertiary/aromatic N) is 1. The van der Waals surface area contributed by atoms with E-state index in [4.69, 9.17) is 0 Å². The molecule has 1 aliphatic carbocycles. The van der Waals surface area contributed by atoms with Gasteiger partial charge in [-0.3, -0.25) is 4.90 Å². The van der Waals surface area contributed by atoms with Crippen molar-refractivity contribution in [3.8, 4) is 0 Å². The van der Waals surface area contributed by atoms with Crippen molar-refractivity contribution in [2.24, 2.45) is 0 Å². The van der Waals surface area contributed by atoms with Crippen LogP contribution in [0.4, 0.5) is 0 Å². The van der Waals surface area contributed by atoms with Crippen LogP contribution in [0.2, 0.25) is 0 Å². The van der Waals surface area contributed by atoms with Crippen molar-refractivity contribution in [1.82, 2.24) is 10.2 Å². The Kier molecular flexibility index (Phi) is 26.9. The van der Waals surface area contributed by atoms with Crippen LogP contribution in [0, 0.1) is 0 Å². The van der Waals surface area contributed by atoms with Crippen LogP contribution in [-0.4, -0.2) is 37.1 Å². The van der Waals surface area contributed by atoms with Crippen molar-refractivity contribution in [2.45, 2.75) is 66.0 Å². The van der Waals surface area contributed by atoms with E-state index in [-0.39, 0.29) is 0 Å². The number of nitrogens with one attached hydrogen (secondary N) is 1. The second kappa shape index (κ2) is 23.2. The van der Waals surface area contributed by atoms with Crippen LogP contribution in [0.15, 0.2) is 50.1 Å². The number of hydrogen-bond acceptors (Lipinski definition) is 2. The molecule has 2 nitrogen and oxygen atoms in total. The highest BCUT2D eigenvalue weighted by atomic mass is 15.1. The van der Waals surface area contributed by atoms with Crippen molar-refractivity contribution in [2.75, 3.05) is 20.1 Å². The van der Waals surface area contributed by atoms with Gasteiger partial charge in [0.1, 0.15) is 0 Å². The van der Waals surface area contributed by atoms with Gasteiger partial charge >= 0.3 is 0 Å². The maximum Gasteiger partial charge on any atom is 0.0279 e. The first-order valence-electron chi connectivity index (χ1n) is 9.14. The fourth-order valence-corrected chi connectivity index (χ4v) is 1.92. The summed E-state index contributed by atoms with van der Waals surface area (Å²) in [5.74, 6) is 0. The molecule has 0 saturated heterocycles. The minimum Gasteiger partial charge on any atom is -0.307 e. The third kappa shape index (κ3) is 17.1. The third-order valence-corrected chi connectivity index (χ3v) is 3.14. The van der Waals surface area contributed by atoms with E-state index < -0.39 is 0 Å². The molecule has 1 N–H and O–H groups in total. The quantitative estimate of drug-likeness (QED) is 0.614. The highest BCUT2D eigenvalue weighted by molar-refractivity contribution is 5.06. The average molecular weight is 323 g/mol. The van der Waals surface area contributed by atoms with Crippen LogP contribution in [0.5, 0.6) is 0 Å². The van der Waals surface area contributed by atoms with E-state index in [1.54, 1.807) is 0 Å². The summed E-state index contributed by atoms with van der Waals surface area (Å²) in [5.41, 5.74) is 0. The van der Waals surface area contributed by atoms with E-state index in [2.05, 4.69) is 56.1 Å². The lowest BCUT2D eigenvalue weighted by atomic mass is 9.97. The molecule has 23 heavy (non-hydrogen) atoms. The van der Waals surface area contributed by atoms with E-state index in [1.165, 1.54) is 12.8 Å². The van der Waals surface area contributed by atoms with Gasteiger partial charge in [-0.25, -0.2) is 0 Å². The van der Waals surface area contributed by atoms with Gasteiger partial charge in [0.2, 0.25) is 0 Å². The molecule has 2 heteroatoms. The second-order valence-electron chi connectivity index (χ2n) is 4.76. The van der Waals surface area contributed by atoms with Crippen LogP contribution >= 0.6 is 0 Å². The lowest BCUT2D eigenvalue weighted by Gasteiger charge is -2.29.